The van der Waals surface area contributed by atoms with Gasteiger partial charge in [-0.25, -0.2) is 0 Å². The Morgan fingerprint density at radius 2 is 2.00 bits per heavy atom. The molecule has 92 valence electrons. The van der Waals surface area contributed by atoms with Crippen molar-refractivity contribution in [3.63, 3.8) is 0 Å². The molecule has 0 N–H and O–H groups in total. The van der Waals surface area contributed by atoms with E-state index in [1.54, 1.807) is 18.2 Å². The van der Waals surface area contributed by atoms with E-state index < -0.39 is 0 Å². The zero-order valence-corrected chi connectivity index (χ0v) is 10.8. The van der Waals surface area contributed by atoms with Crippen LogP contribution >= 0.6 is 11.6 Å². The van der Waals surface area contributed by atoms with Crippen molar-refractivity contribution < 1.29 is 9.53 Å². The topological polar surface area (TPSA) is 26.3 Å². The zero-order valence-electron chi connectivity index (χ0n) is 10.0. The van der Waals surface area contributed by atoms with Crippen molar-refractivity contribution in [2.75, 3.05) is 0 Å². The number of hydrogen-bond acceptors (Lipinski definition) is 2. The molecule has 0 aliphatic heterocycles. The molecule has 0 saturated carbocycles. The molecule has 0 spiro atoms. The van der Waals surface area contributed by atoms with Gasteiger partial charge in [-0.05, 0) is 36.8 Å². The number of rotatable bonds is 4. The lowest BCUT2D eigenvalue weighted by atomic mass is 10.1. The smallest absolute Gasteiger partial charge is 0.150 e. The zero-order chi connectivity index (χ0) is 13.0. The summed E-state index contributed by atoms with van der Waals surface area (Å²) < 4.78 is 5.70. The number of benzene rings is 2. The molecule has 2 aromatic rings. The molecule has 0 unspecified atom stereocenters. The van der Waals surface area contributed by atoms with Crippen LogP contribution in [0.5, 0.6) is 5.75 Å². The second-order valence-corrected chi connectivity index (χ2v) is 4.45. The monoisotopic (exact) mass is 260 g/mol. The molecule has 0 aromatic heterocycles. The van der Waals surface area contributed by atoms with Crippen LogP contribution in [0.25, 0.3) is 0 Å². The molecule has 3 heteroatoms. The molecule has 0 radical (unpaired) electrons. The summed E-state index contributed by atoms with van der Waals surface area (Å²) >= 11 is 5.92. The molecule has 0 fully saturated rings. The van der Waals surface area contributed by atoms with Gasteiger partial charge in [0.25, 0.3) is 0 Å². The molecule has 2 rings (SSSR count). The minimum atomic E-state index is 0.333. The maximum atomic E-state index is 10.9. The first-order valence-corrected chi connectivity index (χ1v) is 6.00. The third-order valence-electron chi connectivity index (χ3n) is 2.71. The fourth-order valence-corrected chi connectivity index (χ4v) is 1.88. The molecule has 0 aliphatic rings. The number of ether oxygens (including phenoxy) is 1. The van der Waals surface area contributed by atoms with E-state index in [4.69, 9.17) is 16.3 Å². The Bertz CT molecular complexity index is 564. The van der Waals surface area contributed by atoms with Crippen molar-refractivity contribution in [3.8, 4) is 5.75 Å². The largest absolute Gasteiger partial charge is 0.489 e. The van der Waals surface area contributed by atoms with Gasteiger partial charge in [-0.15, -0.1) is 0 Å². The second-order valence-electron chi connectivity index (χ2n) is 4.02. The predicted octanol–water partition coefficient (Wildman–Crippen LogP) is 4.04. The fourth-order valence-electron chi connectivity index (χ4n) is 1.69. The molecule has 0 bridgehead atoms. The summed E-state index contributed by atoms with van der Waals surface area (Å²) in [6.45, 7) is 2.31. The van der Waals surface area contributed by atoms with Gasteiger partial charge in [0, 0.05) is 16.1 Å². The van der Waals surface area contributed by atoms with Crippen LogP contribution in [-0.4, -0.2) is 6.29 Å². The highest BCUT2D eigenvalue weighted by molar-refractivity contribution is 6.30. The average molecular weight is 261 g/mol. The lowest BCUT2D eigenvalue weighted by Gasteiger charge is -2.10. The highest BCUT2D eigenvalue weighted by atomic mass is 35.5. The SMILES string of the molecule is Cc1ccccc1OCc1cc(Cl)ccc1C=O. The Labute approximate surface area is 111 Å². The molecule has 2 nitrogen and oxygen atoms in total. The standard InChI is InChI=1S/C15H13ClO2/c1-11-4-2-3-5-15(11)18-10-13-8-14(16)7-6-12(13)9-17/h2-9H,10H2,1H3. The van der Waals surface area contributed by atoms with Gasteiger partial charge in [0.1, 0.15) is 18.6 Å². The van der Waals surface area contributed by atoms with Crippen LogP contribution in [0.1, 0.15) is 21.5 Å². The summed E-state index contributed by atoms with van der Waals surface area (Å²) in [5.41, 5.74) is 2.46. The van der Waals surface area contributed by atoms with Crippen LogP contribution in [0, 0.1) is 6.92 Å². The molecule has 0 aliphatic carbocycles. The van der Waals surface area contributed by atoms with E-state index in [2.05, 4.69) is 0 Å². The number of aryl methyl sites for hydroxylation is 1. The number of carbonyl (C=O) groups excluding carboxylic acids is 1. The van der Waals surface area contributed by atoms with Crippen LogP contribution in [0.15, 0.2) is 42.5 Å². The minimum Gasteiger partial charge on any atom is -0.489 e. The van der Waals surface area contributed by atoms with Gasteiger partial charge in [0.2, 0.25) is 0 Å². The number of carbonyl (C=O) groups is 1. The molecule has 2 aromatic carbocycles. The predicted molar refractivity (Wildman–Crippen MR) is 72.4 cm³/mol. The molecular weight excluding hydrogens is 248 g/mol. The van der Waals surface area contributed by atoms with Crippen molar-refractivity contribution in [3.05, 3.63) is 64.2 Å². The Hall–Kier alpha value is -1.80. The minimum absolute atomic E-state index is 0.333. The van der Waals surface area contributed by atoms with Gasteiger partial charge in [0.15, 0.2) is 0 Å². The maximum absolute atomic E-state index is 10.9. The quantitative estimate of drug-likeness (QED) is 0.776. The first-order valence-electron chi connectivity index (χ1n) is 5.63. The molecule has 0 atom stereocenters. The van der Waals surface area contributed by atoms with Crippen LogP contribution in [0.4, 0.5) is 0 Å². The normalized spacial score (nSPS) is 10.1. The molecular formula is C15H13ClO2. The third-order valence-corrected chi connectivity index (χ3v) is 2.94. The van der Waals surface area contributed by atoms with Crippen molar-refractivity contribution in [2.45, 2.75) is 13.5 Å². The number of halogens is 1. The summed E-state index contributed by atoms with van der Waals surface area (Å²) in [6.07, 6.45) is 0.812. The first kappa shape index (κ1) is 12.7. The molecule has 0 saturated heterocycles. The number of para-hydroxylation sites is 1. The van der Waals surface area contributed by atoms with Gasteiger partial charge < -0.3 is 4.74 Å². The summed E-state index contributed by atoms with van der Waals surface area (Å²) in [7, 11) is 0. The second kappa shape index (κ2) is 5.69. The molecule has 18 heavy (non-hydrogen) atoms. The highest BCUT2D eigenvalue weighted by Gasteiger charge is 2.05. The van der Waals surface area contributed by atoms with Crippen molar-refractivity contribution >= 4 is 17.9 Å². The van der Waals surface area contributed by atoms with Crippen molar-refractivity contribution in [1.82, 2.24) is 0 Å². The molecule has 0 heterocycles. The average Bonchev–Trinajstić information content (AvgIpc) is 2.38. The van der Waals surface area contributed by atoms with E-state index >= 15 is 0 Å². The number of hydrogen-bond donors (Lipinski definition) is 0. The Kier molecular flexibility index (Phi) is 4.00. The van der Waals surface area contributed by atoms with Gasteiger partial charge in [0.05, 0.1) is 0 Å². The lowest BCUT2D eigenvalue weighted by molar-refractivity contribution is 0.112. The Morgan fingerprint density at radius 1 is 1.22 bits per heavy atom. The first-order chi connectivity index (χ1) is 8.70. The van der Waals surface area contributed by atoms with Gasteiger partial charge in [-0.3, -0.25) is 4.79 Å². The molecule has 0 amide bonds. The summed E-state index contributed by atoms with van der Waals surface area (Å²) in [5.74, 6) is 0.814. The Balaban J connectivity index is 2.18. The van der Waals surface area contributed by atoms with Gasteiger partial charge >= 0.3 is 0 Å². The van der Waals surface area contributed by atoms with E-state index in [1.165, 1.54) is 0 Å². The van der Waals surface area contributed by atoms with E-state index in [-0.39, 0.29) is 0 Å². The Morgan fingerprint density at radius 3 is 2.72 bits per heavy atom. The van der Waals surface area contributed by atoms with Crippen molar-refractivity contribution in [2.24, 2.45) is 0 Å². The van der Waals surface area contributed by atoms with Crippen LogP contribution in [-0.2, 0) is 6.61 Å². The van der Waals surface area contributed by atoms with Crippen LogP contribution in [0.2, 0.25) is 5.02 Å². The van der Waals surface area contributed by atoms with Crippen molar-refractivity contribution in [1.29, 1.82) is 0 Å². The fraction of sp³-hybridized carbons (Fsp3) is 0.133. The van der Waals surface area contributed by atoms with E-state index in [0.717, 1.165) is 23.2 Å². The third kappa shape index (κ3) is 2.90. The number of aldehydes is 1. The van der Waals surface area contributed by atoms with E-state index in [0.29, 0.717) is 17.2 Å². The van der Waals surface area contributed by atoms with E-state index in [1.807, 2.05) is 31.2 Å². The highest BCUT2D eigenvalue weighted by Crippen LogP contribution is 2.20. The maximum Gasteiger partial charge on any atom is 0.150 e. The summed E-state index contributed by atoms with van der Waals surface area (Å²) in [4.78, 5) is 10.9. The summed E-state index contributed by atoms with van der Waals surface area (Å²) in [5, 5.41) is 0.601. The van der Waals surface area contributed by atoms with E-state index in [9.17, 15) is 4.79 Å². The van der Waals surface area contributed by atoms with Gasteiger partial charge in [-0.2, -0.15) is 0 Å². The van der Waals surface area contributed by atoms with Crippen LogP contribution < -0.4 is 4.74 Å². The summed E-state index contributed by atoms with van der Waals surface area (Å²) in [6, 6.07) is 12.9. The lowest BCUT2D eigenvalue weighted by Crippen LogP contribution is -2.00. The van der Waals surface area contributed by atoms with Gasteiger partial charge in [-0.1, -0.05) is 29.8 Å². The van der Waals surface area contributed by atoms with Crippen LogP contribution in [0.3, 0.4) is 0 Å².